The van der Waals surface area contributed by atoms with Crippen LogP contribution in [0.1, 0.15) is 38.5 Å². The highest BCUT2D eigenvalue weighted by Crippen LogP contribution is 2.23. The maximum absolute atomic E-state index is 11.9. The van der Waals surface area contributed by atoms with E-state index in [2.05, 4.69) is 5.32 Å². The van der Waals surface area contributed by atoms with Crippen LogP contribution in [-0.4, -0.2) is 24.1 Å². The quantitative estimate of drug-likeness (QED) is 0.591. The third-order valence-electron chi connectivity index (χ3n) is 2.75. The Hall–Kier alpha value is 0.0400. The van der Waals surface area contributed by atoms with E-state index in [1.165, 1.54) is 0 Å². The van der Waals surface area contributed by atoms with Crippen LogP contribution >= 0.6 is 11.6 Å². The largest absolute Gasteiger partial charge is 0.390 e. The van der Waals surface area contributed by atoms with Crippen LogP contribution in [0.4, 0.5) is 13.2 Å². The van der Waals surface area contributed by atoms with Crippen molar-refractivity contribution in [2.75, 3.05) is 6.54 Å². The first-order chi connectivity index (χ1) is 6.99. The molecule has 2 unspecified atom stereocenters. The first-order valence-electron chi connectivity index (χ1n) is 5.43. The number of nitrogens with one attached hydrogen (secondary N) is 1. The van der Waals surface area contributed by atoms with Crippen LogP contribution in [0.3, 0.4) is 0 Å². The molecular formula is C10H17ClF3N. The fourth-order valence-electron chi connectivity index (χ4n) is 1.89. The molecule has 0 bridgehead atoms. The average molecular weight is 244 g/mol. The Kier molecular flexibility index (Phi) is 5.19. The number of hydrogen-bond donors (Lipinski definition) is 1. The van der Waals surface area contributed by atoms with Crippen molar-refractivity contribution in [3.63, 3.8) is 0 Å². The van der Waals surface area contributed by atoms with Gasteiger partial charge in [-0.25, -0.2) is 0 Å². The van der Waals surface area contributed by atoms with Crippen molar-refractivity contribution in [2.45, 2.75) is 56.1 Å². The molecule has 1 N–H and O–H groups in total. The van der Waals surface area contributed by atoms with Crippen molar-refractivity contribution in [3.8, 4) is 0 Å². The summed E-state index contributed by atoms with van der Waals surface area (Å²) in [7, 11) is 0. The van der Waals surface area contributed by atoms with Gasteiger partial charge in [-0.1, -0.05) is 19.3 Å². The molecule has 0 aromatic heterocycles. The molecule has 2 atom stereocenters. The van der Waals surface area contributed by atoms with Crippen LogP contribution in [0.15, 0.2) is 0 Å². The van der Waals surface area contributed by atoms with Gasteiger partial charge in [-0.15, -0.1) is 11.6 Å². The molecule has 0 aliphatic heterocycles. The van der Waals surface area contributed by atoms with E-state index in [4.69, 9.17) is 11.6 Å². The maximum Gasteiger partial charge on any atom is 0.390 e. The normalized spacial score (nSPS) is 28.8. The summed E-state index contributed by atoms with van der Waals surface area (Å²) in [6.45, 7) is -0.0165. The summed E-state index contributed by atoms with van der Waals surface area (Å²) in [5.41, 5.74) is 0. The zero-order valence-corrected chi connectivity index (χ0v) is 9.37. The van der Waals surface area contributed by atoms with Crippen LogP contribution < -0.4 is 5.32 Å². The molecule has 0 radical (unpaired) electrons. The highest BCUT2D eigenvalue weighted by molar-refractivity contribution is 6.21. The van der Waals surface area contributed by atoms with Gasteiger partial charge in [0.2, 0.25) is 0 Å². The van der Waals surface area contributed by atoms with Crippen LogP contribution in [-0.2, 0) is 0 Å². The molecule has 1 aliphatic carbocycles. The molecule has 15 heavy (non-hydrogen) atoms. The smallest absolute Gasteiger partial charge is 0.312 e. The van der Waals surface area contributed by atoms with Gasteiger partial charge in [0.15, 0.2) is 0 Å². The van der Waals surface area contributed by atoms with E-state index in [1.54, 1.807) is 0 Å². The molecule has 5 heteroatoms. The molecule has 1 aliphatic rings. The van der Waals surface area contributed by atoms with Crippen LogP contribution in [0.5, 0.6) is 0 Å². The highest BCUT2D eigenvalue weighted by Gasteiger charge is 2.28. The lowest BCUT2D eigenvalue weighted by atomic mass is 10.1. The number of rotatable bonds is 3. The predicted octanol–water partition coefficient (Wildman–Crippen LogP) is 3.47. The fourth-order valence-corrected chi connectivity index (χ4v) is 2.26. The van der Waals surface area contributed by atoms with Crippen molar-refractivity contribution in [2.24, 2.45) is 0 Å². The molecule has 1 rings (SSSR count). The number of hydrogen-bond acceptors (Lipinski definition) is 1. The Bertz CT molecular complexity index is 184. The van der Waals surface area contributed by atoms with Gasteiger partial charge in [0.05, 0.1) is 6.42 Å². The van der Waals surface area contributed by atoms with Crippen molar-refractivity contribution in [1.82, 2.24) is 5.32 Å². The molecular weight excluding hydrogens is 227 g/mol. The van der Waals surface area contributed by atoms with Crippen LogP contribution in [0, 0.1) is 0 Å². The molecule has 0 aromatic rings. The Labute approximate surface area is 93.4 Å². The second kappa shape index (κ2) is 5.94. The Morgan fingerprint density at radius 3 is 2.47 bits per heavy atom. The Morgan fingerprint density at radius 2 is 1.80 bits per heavy atom. The van der Waals surface area contributed by atoms with E-state index in [0.717, 1.165) is 32.1 Å². The summed E-state index contributed by atoms with van der Waals surface area (Å²) >= 11 is 6.09. The topological polar surface area (TPSA) is 12.0 Å². The van der Waals surface area contributed by atoms with E-state index in [9.17, 15) is 13.2 Å². The molecule has 0 aromatic carbocycles. The summed E-state index contributed by atoms with van der Waals surface area (Å²) in [6, 6.07) is 0.0523. The van der Waals surface area contributed by atoms with Crippen LogP contribution in [0.2, 0.25) is 0 Å². The minimum absolute atomic E-state index is 0.0132. The van der Waals surface area contributed by atoms with Gasteiger partial charge in [0, 0.05) is 18.0 Å². The number of alkyl halides is 4. The van der Waals surface area contributed by atoms with Crippen molar-refractivity contribution < 1.29 is 13.2 Å². The minimum atomic E-state index is -4.07. The van der Waals surface area contributed by atoms with Gasteiger partial charge in [0.25, 0.3) is 0 Å². The Balaban J connectivity index is 2.23. The average Bonchev–Trinajstić information content (AvgIpc) is 2.30. The van der Waals surface area contributed by atoms with Gasteiger partial charge in [0.1, 0.15) is 0 Å². The van der Waals surface area contributed by atoms with Gasteiger partial charge in [-0.05, 0) is 12.8 Å². The predicted molar refractivity (Wildman–Crippen MR) is 55.2 cm³/mol. The lowest BCUT2D eigenvalue weighted by molar-refractivity contribution is -0.133. The van der Waals surface area contributed by atoms with Gasteiger partial charge in [-0.2, -0.15) is 13.2 Å². The summed E-state index contributed by atoms with van der Waals surface area (Å²) in [6.07, 6.45) is 0.253. The lowest BCUT2D eigenvalue weighted by Gasteiger charge is -2.21. The van der Waals surface area contributed by atoms with E-state index in [1.807, 2.05) is 0 Å². The molecule has 0 spiro atoms. The highest BCUT2D eigenvalue weighted by atomic mass is 35.5. The fraction of sp³-hybridized carbons (Fsp3) is 1.00. The molecule has 1 nitrogen and oxygen atoms in total. The second-order valence-electron chi connectivity index (χ2n) is 4.08. The third kappa shape index (κ3) is 5.61. The van der Waals surface area contributed by atoms with Gasteiger partial charge >= 0.3 is 6.18 Å². The standard InChI is InChI=1S/C10H17ClF3N/c11-8-4-2-1-3-5-9(8)15-7-6-10(12,13)14/h8-9,15H,1-7H2. The summed E-state index contributed by atoms with van der Waals surface area (Å²) in [5.74, 6) is 0. The zero-order chi connectivity index (χ0) is 11.3. The molecule has 0 heterocycles. The van der Waals surface area contributed by atoms with Crippen molar-refractivity contribution in [1.29, 1.82) is 0 Å². The summed E-state index contributed by atoms with van der Waals surface area (Å²) in [5, 5.41) is 2.90. The molecule has 1 saturated carbocycles. The van der Waals surface area contributed by atoms with Crippen LogP contribution in [0.25, 0.3) is 0 Å². The second-order valence-corrected chi connectivity index (χ2v) is 4.64. The number of halogens is 4. The first-order valence-corrected chi connectivity index (χ1v) is 5.87. The van der Waals surface area contributed by atoms with Crippen molar-refractivity contribution in [3.05, 3.63) is 0 Å². The molecule has 1 fully saturated rings. The van der Waals surface area contributed by atoms with E-state index in [-0.39, 0.29) is 18.0 Å². The zero-order valence-electron chi connectivity index (χ0n) is 8.62. The van der Waals surface area contributed by atoms with Gasteiger partial charge in [-0.3, -0.25) is 0 Å². The maximum atomic E-state index is 11.9. The van der Waals surface area contributed by atoms with Gasteiger partial charge < -0.3 is 5.32 Å². The van der Waals surface area contributed by atoms with E-state index < -0.39 is 12.6 Å². The van der Waals surface area contributed by atoms with E-state index in [0.29, 0.717) is 0 Å². The lowest BCUT2D eigenvalue weighted by Crippen LogP contribution is -2.38. The first kappa shape index (κ1) is 13.1. The Morgan fingerprint density at radius 1 is 1.13 bits per heavy atom. The summed E-state index contributed by atoms with van der Waals surface area (Å²) < 4.78 is 35.7. The molecule has 0 amide bonds. The minimum Gasteiger partial charge on any atom is -0.312 e. The van der Waals surface area contributed by atoms with E-state index >= 15 is 0 Å². The third-order valence-corrected chi connectivity index (χ3v) is 3.27. The SMILES string of the molecule is FC(F)(F)CCNC1CCCCCC1Cl. The summed E-state index contributed by atoms with van der Waals surface area (Å²) in [4.78, 5) is 0. The molecule has 90 valence electrons. The monoisotopic (exact) mass is 243 g/mol. The van der Waals surface area contributed by atoms with Crippen molar-refractivity contribution >= 4 is 11.6 Å². The molecule has 0 saturated heterocycles.